The first-order valence-electron chi connectivity index (χ1n) is 7.97. The average molecular weight is 322 g/mol. The van der Waals surface area contributed by atoms with Gasteiger partial charge in [-0.2, -0.15) is 0 Å². The van der Waals surface area contributed by atoms with Gasteiger partial charge in [-0.1, -0.05) is 0 Å². The van der Waals surface area contributed by atoms with E-state index in [1.165, 1.54) is 12.1 Å². The van der Waals surface area contributed by atoms with Crippen molar-refractivity contribution in [3.8, 4) is 0 Å². The van der Waals surface area contributed by atoms with Crippen LogP contribution in [0.15, 0.2) is 24.3 Å². The van der Waals surface area contributed by atoms with Gasteiger partial charge in [-0.15, -0.1) is 0 Å². The highest BCUT2D eigenvalue weighted by molar-refractivity contribution is 5.96. The van der Waals surface area contributed by atoms with E-state index in [-0.39, 0.29) is 17.1 Å². The first kappa shape index (κ1) is 16.4. The van der Waals surface area contributed by atoms with E-state index in [1.54, 1.807) is 24.1 Å². The number of benzene rings is 1. The Morgan fingerprint density at radius 3 is 2.83 bits per heavy atom. The third kappa shape index (κ3) is 3.71. The van der Waals surface area contributed by atoms with E-state index in [0.29, 0.717) is 32.8 Å². The first-order chi connectivity index (χ1) is 11.1. The second kappa shape index (κ2) is 6.95. The average Bonchev–Trinajstić information content (AvgIpc) is 2.73. The summed E-state index contributed by atoms with van der Waals surface area (Å²) in [7, 11) is 1.69. The Morgan fingerprint density at radius 2 is 2.09 bits per heavy atom. The van der Waals surface area contributed by atoms with Crippen molar-refractivity contribution >= 4 is 11.6 Å². The number of carbonyl (C=O) groups is 1. The molecule has 0 aromatic heterocycles. The number of ether oxygens (including phenoxy) is 2. The summed E-state index contributed by atoms with van der Waals surface area (Å²) in [6.07, 6.45) is 0.466. The fraction of sp³-hybridized carbons (Fsp3) is 0.588. The molecule has 2 aliphatic rings. The van der Waals surface area contributed by atoms with Gasteiger partial charge in [-0.25, -0.2) is 4.39 Å². The van der Waals surface area contributed by atoms with Crippen molar-refractivity contribution in [2.45, 2.75) is 6.42 Å². The molecule has 1 unspecified atom stereocenters. The molecule has 0 saturated carbocycles. The number of amides is 1. The Hall–Kier alpha value is -1.50. The van der Waals surface area contributed by atoms with Gasteiger partial charge in [0, 0.05) is 50.8 Å². The van der Waals surface area contributed by atoms with Crippen molar-refractivity contribution < 1.29 is 18.7 Å². The van der Waals surface area contributed by atoms with Crippen LogP contribution in [0.5, 0.6) is 0 Å². The van der Waals surface area contributed by atoms with Crippen molar-refractivity contribution in [2.24, 2.45) is 5.41 Å². The molecule has 126 valence electrons. The van der Waals surface area contributed by atoms with E-state index in [9.17, 15) is 9.18 Å². The summed E-state index contributed by atoms with van der Waals surface area (Å²) >= 11 is 0. The fourth-order valence-corrected chi connectivity index (χ4v) is 3.45. The minimum atomic E-state index is -0.293. The molecule has 0 N–H and O–H groups in total. The predicted octanol–water partition coefficient (Wildman–Crippen LogP) is 1.53. The number of halogens is 1. The number of rotatable bonds is 4. The van der Waals surface area contributed by atoms with E-state index in [1.807, 2.05) is 0 Å². The molecule has 6 heteroatoms. The first-order valence-corrected chi connectivity index (χ1v) is 7.97. The van der Waals surface area contributed by atoms with Crippen LogP contribution in [0, 0.1) is 11.2 Å². The molecule has 0 radical (unpaired) electrons. The van der Waals surface area contributed by atoms with E-state index in [0.717, 1.165) is 25.3 Å². The monoisotopic (exact) mass is 322 g/mol. The molecule has 2 aliphatic heterocycles. The molecular weight excluding hydrogens is 299 g/mol. The minimum Gasteiger partial charge on any atom is -0.383 e. The van der Waals surface area contributed by atoms with E-state index < -0.39 is 0 Å². The molecule has 0 aliphatic carbocycles. The van der Waals surface area contributed by atoms with Crippen molar-refractivity contribution in [1.29, 1.82) is 0 Å². The van der Waals surface area contributed by atoms with Gasteiger partial charge >= 0.3 is 0 Å². The van der Waals surface area contributed by atoms with Gasteiger partial charge in [0.1, 0.15) is 5.82 Å². The highest BCUT2D eigenvalue weighted by atomic mass is 19.1. The smallest absolute Gasteiger partial charge is 0.227 e. The number of nitrogens with zero attached hydrogens (tertiary/aromatic N) is 2. The number of hydrogen-bond donors (Lipinski definition) is 0. The molecule has 1 atom stereocenters. The Morgan fingerprint density at radius 1 is 1.30 bits per heavy atom. The molecular formula is C17H23FN2O3. The maximum absolute atomic E-state index is 13.1. The molecule has 2 fully saturated rings. The molecule has 1 aromatic carbocycles. The number of anilines is 1. The van der Waals surface area contributed by atoms with Gasteiger partial charge in [0.05, 0.1) is 19.8 Å². The van der Waals surface area contributed by atoms with E-state index in [2.05, 4.69) is 4.90 Å². The van der Waals surface area contributed by atoms with Crippen LogP contribution < -0.4 is 4.90 Å². The third-order valence-corrected chi connectivity index (χ3v) is 4.59. The van der Waals surface area contributed by atoms with Crippen LogP contribution in [0.4, 0.5) is 10.1 Å². The molecule has 0 bridgehead atoms. The molecule has 23 heavy (non-hydrogen) atoms. The SMILES string of the molecule is COCCN1CCOCC2(CC(=O)N(c3ccc(F)cc3)C2)C1. The summed E-state index contributed by atoms with van der Waals surface area (Å²) in [4.78, 5) is 16.6. The summed E-state index contributed by atoms with van der Waals surface area (Å²) < 4.78 is 24.0. The summed E-state index contributed by atoms with van der Waals surface area (Å²) in [5.74, 6) is -0.215. The van der Waals surface area contributed by atoms with Gasteiger partial charge < -0.3 is 14.4 Å². The molecule has 1 aromatic rings. The van der Waals surface area contributed by atoms with Crippen molar-refractivity contribution in [3.05, 3.63) is 30.1 Å². The zero-order valence-corrected chi connectivity index (χ0v) is 13.5. The molecule has 3 rings (SSSR count). The van der Waals surface area contributed by atoms with Gasteiger partial charge in [0.25, 0.3) is 0 Å². The maximum Gasteiger partial charge on any atom is 0.227 e. The zero-order valence-electron chi connectivity index (χ0n) is 13.5. The van der Waals surface area contributed by atoms with E-state index in [4.69, 9.17) is 9.47 Å². The Kier molecular flexibility index (Phi) is 4.94. The molecule has 2 heterocycles. The van der Waals surface area contributed by atoms with Crippen LogP contribution in [-0.2, 0) is 14.3 Å². The Labute approximate surface area is 136 Å². The molecule has 5 nitrogen and oxygen atoms in total. The quantitative estimate of drug-likeness (QED) is 0.843. The Balaban J connectivity index is 1.74. The van der Waals surface area contributed by atoms with Gasteiger partial charge in [-0.3, -0.25) is 9.69 Å². The van der Waals surface area contributed by atoms with Gasteiger partial charge in [0.15, 0.2) is 0 Å². The van der Waals surface area contributed by atoms with Crippen LogP contribution in [0.3, 0.4) is 0 Å². The summed E-state index contributed by atoms with van der Waals surface area (Å²) in [6.45, 7) is 5.06. The van der Waals surface area contributed by atoms with Crippen LogP contribution >= 0.6 is 0 Å². The lowest BCUT2D eigenvalue weighted by atomic mass is 9.87. The van der Waals surface area contributed by atoms with Crippen LogP contribution in [0.1, 0.15) is 6.42 Å². The fourth-order valence-electron chi connectivity index (χ4n) is 3.45. The Bertz CT molecular complexity index is 551. The second-order valence-corrected chi connectivity index (χ2v) is 6.45. The molecule has 2 saturated heterocycles. The number of methoxy groups -OCH3 is 1. The van der Waals surface area contributed by atoms with E-state index >= 15 is 0 Å². The van der Waals surface area contributed by atoms with Crippen LogP contribution in [0.2, 0.25) is 0 Å². The highest BCUT2D eigenvalue weighted by Gasteiger charge is 2.45. The minimum absolute atomic E-state index is 0.0776. The second-order valence-electron chi connectivity index (χ2n) is 6.45. The highest BCUT2D eigenvalue weighted by Crippen LogP contribution is 2.36. The van der Waals surface area contributed by atoms with Crippen LogP contribution in [-0.4, -0.2) is 63.9 Å². The topological polar surface area (TPSA) is 42.0 Å². The van der Waals surface area contributed by atoms with Gasteiger partial charge in [-0.05, 0) is 24.3 Å². The lowest BCUT2D eigenvalue weighted by Crippen LogP contribution is -2.41. The van der Waals surface area contributed by atoms with Crippen LogP contribution in [0.25, 0.3) is 0 Å². The lowest BCUT2D eigenvalue weighted by molar-refractivity contribution is -0.118. The lowest BCUT2D eigenvalue weighted by Gasteiger charge is -2.31. The van der Waals surface area contributed by atoms with Crippen molar-refractivity contribution in [2.75, 3.05) is 58.0 Å². The molecule has 1 spiro atoms. The van der Waals surface area contributed by atoms with Gasteiger partial charge in [0.2, 0.25) is 5.91 Å². The standard InChI is InChI=1S/C17H23FN2O3/c1-22-8-6-19-7-9-23-13-17(11-19)10-16(21)20(12-17)15-4-2-14(18)3-5-15/h2-5H,6-13H2,1H3. The van der Waals surface area contributed by atoms with Crippen molar-refractivity contribution in [3.63, 3.8) is 0 Å². The zero-order chi connectivity index (χ0) is 16.3. The third-order valence-electron chi connectivity index (χ3n) is 4.59. The molecule has 1 amide bonds. The number of hydrogen-bond acceptors (Lipinski definition) is 4. The van der Waals surface area contributed by atoms with Crippen molar-refractivity contribution in [1.82, 2.24) is 4.90 Å². The number of carbonyl (C=O) groups excluding carboxylic acids is 1. The predicted molar refractivity (Wildman–Crippen MR) is 84.9 cm³/mol. The summed E-state index contributed by atoms with van der Waals surface area (Å²) in [6, 6.07) is 6.10. The summed E-state index contributed by atoms with van der Waals surface area (Å²) in [5, 5.41) is 0. The summed E-state index contributed by atoms with van der Waals surface area (Å²) in [5.41, 5.74) is 0.552. The maximum atomic E-state index is 13.1. The largest absolute Gasteiger partial charge is 0.383 e. The normalized spacial score (nSPS) is 26.0.